The Morgan fingerprint density at radius 1 is 1.19 bits per heavy atom. The number of nitrogens with one attached hydrogen (secondary N) is 1. The predicted octanol–water partition coefficient (Wildman–Crippen LogP) is 1.99. The zero-order chi connectivity index (χ0) is 15.4. The SMILES string of the molecule is O=C(O)c1ccc(C(=O)NCc2cc(F)ccc2F)nc1. The van der Waals surface area contributed by atoms with E-state index in [9.17, 15) is 18.4 Å². The number of halogens is 2. The predicted molar refractivity (Wildman–Crippen MR) is 68.7 cm³/mol. The van der Waals surface area contributed by atoms with Crippen molar-refractivity contribution in [3.05, 3.63) is 65.0 Å². The smallest absolute Gasteiger partial charge is 0.337 e. The topological polar surface area (TPSA) is 79.3 Å². The summed E-state index contributed by atoms with van der Waals surface area (Å²) < 4.78 is 26.3. The third kappa shape index (κ3) is 3.59. The van der Waals surface area contributed by atoms with Gasteiger partial charge in [-0.3, -0.25) is 9.78 Å². The van der Waals surface area contributed by atoms with Gasteiger partial charge in [-0.15, -0.1) is 0 Å². The molecule has 0 aliphatic carbocycles. The highest BCUT2D eigenvalue weighted by atomic mass is 19.1. The van der Waals surface area contributed by atoms with Crippen LogP contribution in [0.15, 0.2) is 36.5 Å². The van der Waals surface area contributed by atoms with E-state index in [-0.39, 0.29) is 23.4 Å². The molecule has 0 spiro atoms. The van der Waals surface area contributed by atoms with Crippen molar-refractivity contribution in [2.45, 2.75) is 6.54 Å². The monoisotopic (exact) mass is 292 g/mol. The first kappa shape index (κ1) is 14.6. The van der Waals surface area contributed by atoms with Crippen LogP contribution >= 0.6 is 0 Å². The molecular weight excluding hydrogens is 282 g/mol. The molecule has 2 aromatic rings. The van der Waals surface area contributed by atoms with E-state index >= 15 is 0 Å². The number of hydrogen-bond donors (Lipinski definition) is 2. The third-order valence-corrected chi connectivity index (χ3v) is 2.69. The fourth-order valence-corrected chi connectivity index (χ4v) is 1.60. The molecule has 2 rings (SSSR count). The highest BCUT2D eigenvalue weighted by molar-refractivity contribution is 5.93. The maximum Gasteiger partial charge on any atom is 0.337 e. The van der Waals surface area contributed by atoms with Gasteiger partial charge in [0.05, 0.1) is 5.56 Å². The van der Waals surface area contributed by atoms with Gasteiger partial charge in [-0.25, -0.2) is 13.6 Å². The number of carboxylic acids is 1. The van der Waals surface area contributed by atoms with E-state index in [0.717, 1.165) is 24.4 Å². The van der Waals surface area contributed by atoms with Gasteiger partial charge in [-0.05, 0) is 30.3 Å². The van der Waals surface area contributed by atoms with E-state index in [1.165, 1.54) is 12.1 Å². The lowest BCUT2D eigenvalue weighted by molar-refractivity contribution is 0.0695. The van der Waals surface area contributed by atoms with Crippen molar-refractivity contribution >= 4 is 11.9 Å². The molecule has 108 valence electrons. The summed E-state index contributed by atoms with van der Waals surface area (Å²) in [5.74, 6) is -3.01. The number of benzene rings is 1. The summed E-state index contributed by atoms with van der Waals surface area (Å²) in [4.78, 5) is 26.1. The zero-order valence-corrected chi connectivity index (χ0v) is 10.6. The molecule has 0 unspecified atom stereocenters. The fraction of sp³-hybridized carbons (Fsp3) is 0.0714. The molecule has 0 saturated heterocycles. The van der Waals surface area contributed by atoms with Crippen molar-refractivity contribution in [1.82, 2.24) is 10.3 Å². The second kappa shape index (κ2) is 6.08. The van der Waals surface area contributed by atoms with Gasteiger partial charge in [0.1, 0.15) is 17.3 Å². The number of pyridine rings is 1. The first-order chi connectivity index (χ1) is 9.97. The molecule has 0 aliphatic heterocycles. The number of nitrogens with zero attached hydrogens (tertiary/aromatic N) is 1. The molecule has 2 N–H and O–H groups in total. The Balaban J connectivity index is 2.04. The molecule has 7 heteroatoms. The van der Waals surface area contributed by atoms with Gasteiger partial charge in [-0.1, -0.05) is 0 Å². The number of hydrogen-bond acceptors (Lipinski definition) is 3. The highest BCUT2D eigenvalue weighted by Crippen LogP contribution is 2.09. The van der Waals surface area contributed by atoms with Crippen LogP contribution in [0.2, 0.25) is 0 Å². The Kier molecular flexibility index (Phi) is 4.22. The maximum atomic E-state index is 13.4. The van der Waals surface area contributed by atoms with Crippen molar-refractivity contribution in [2.75, 3.05) is 0 Å². The summed E-state index contributed by atoms with van der Waals surface area (Å²) in [5.41, 5.74) is -0.0648. The number of rotatable bonds is 4. The van der Waals surface area contributed by atoms with Crippen molar-refractivity contribution in [3.8, 4) is 0 Å². The first-order valence-electron chi connectivity index (χ1n) is 5.89. The Hall–Kier alpha value is -2.83. The average molecular weight is 292 g/mol. The molecule has 1 aromatic heterocycles. The van der Waals surface area contributed by atoms with E-state index in [1.54, 1.807) is 0 Å². The second-order valence-electron chi connectivity index (χ2n) is 4.16. The Morgan fingerprint density at radius 3 is 2.57 bits per heavy atom. The molecule has 1 aromatic carbocycles. The summed E-state index contributed by atoms with van der Waals surface area (Å²) in [5, 5.41) is 11.1. The van der Waals surface area contributed by atoms with E-state index < -0.39 is 23.5 Å². The molecule has 0 radical (unpaired) electrons. The largest absolute Gasteiger partial charge is 0.478 e. The quantitative estimate of drug-likeness (QED) is 0.903. The average Bonchev–Trinajstić information content (AvgIpc) is 2.48. The van der Waals surface area contributed by atoms with E-state index in [0.29, 0.717) is 0 Å². The molecule has 1 amide bonds. The minimum atomic E-state index is -1.16. The molecule has 0 saturated carbocycles. The highest BCUT2D eigenvalue weighted by Gasteiger charge is 2.11. The van der Waals surface area contributed by atoms with Gasteiger partial charge in [0.15, 0.2) is 0 Å². The van der Waals surface area contributed by atoms with Crippen LogP contribution in [0.3, 0.4) is 0 Å². The Bertz CT molecular complexity index is 687. The van der Waals surface area contributed by atoms with E-state index in [2.05, 4.69) is 10.3 Å². The van der Waals surface area contributed by atoms with Crippen molar-refractivity contribution in [3.63, 3.8) is 0 Å². The summed E-state index contributed by atoms with van der Waals surface area (Å²) in [6.07, 6.45) is 1.04. The third-order valence-electron chi connectivity index (χ3n) is 2.69. The number of aromatic nitrogens is 1. The van der Waals surface area contributed by atoms with E-state index in [1.807, 2.05) is 0 Å². The van der Waals surface area contributed by atoms with Gasteiger partial charge < -0.3 is 10.4 Å². The van der Waals surface area contributed by atoms with Gasteiger partial charge in [-0.2, -0.15) is 0 Å². The van der Waals surface area contributed by atoms with Crippen LogP contribution < -0.4 is 5.32 Å². The summed E-state index contributed by atoms with van der Waals surface area (Å²) >= 11 is 0. The first-order valence-corrected chi connectivity index (χ1v) is 5.89. The van der Waals surface area contributed by atoms with Crippen molar-refractivity contribution in [1.29, 1.82) is 0 Å². The lowest BCUT2D eigenvalue weighted by Crippen LogP contribution is -2.24. The normalized spacial score (nSPS) is 10.2. The number of aromatic carboxylic acids is 1. The van der Waals surface area contributed by atoms with Crippen LogP contribution in [0.1, 0.15) is 26.4 Å². The molecule has 0 bridgehead atoms. The Labute approximate surface area is 118 Å². The maximum absolute atomic E-state index is 13.4. The second-order valence-corrected chi connectivity index (χ2v) is 4.16. The molecular formula is C14H10F2N2O3. The summed E-state index contributed by atoms with van der Waals surface area (Å²) in [6.45, 7) is -0.204. The number of carboxylic acid groups (broad SMARTS) is 1. The van der Waals surface area contributed by atoms with Gasteiger partial charge in [0, 0.05) is 18.3 Å². The number of carbonyl (C=O) groups excluding carboxylic acids is 1. The summed E-state index contributed by atoms with van der Waals surface area (Å²) in [7, 11) is 0. The molecule has 5 nitrogen and oxygen atoms in total. The van der Waals surface area contributed by atoms with Gasteiger partial charge in [0.2, 0.25) is 0 Å². The zero-order valence-electron chi connectivity index (χ0n) is 10.6. The standard InChI is InChI=1S/C14H10F2N2O3/c15-10-2-3-11(16)9(5-10)7-18-13(19)12-4-1-8(6-17-12)14(20)21/h1-6H,7H2,(H,18,19)(H,20,21). The van der Waals surface area contributed by atoms with Gasteiger partial charge in [0.25, 0.3) is 5.91 Å². The minimum absolute atomic E-state index is 0.00510. The van der Waals surface area contributed by atoms with Crippen LogP contribution in [-0.2, 0) is 6.54 Å². The summed E-state index contributed by atoms with van der Waals surface area (Å²) in [6, 6.07) is 5.40. The molecule has 0 atom stereocenters. The number of carbonyl (C=O) groups is 2. The molecule has 1 heterocycles. The lowest BCUT2D eigenvalue weighted by Gasteiger charge is -2.06. The minimum Gasteiger partial charge on any atom is -0.478 e. The lowest BCUT2D eigenvalue weighted by atomic mass is 10.2. The van der Waals surface area contributed by atoms with Gasteiger partial charge >= 0.3 is 5.97 Å². The number of amides is 1. The van der Waals surface area contributed by atoms with Crippen LogP contribution in [0.25, 0.3) is 0 Å². The molecule has 21 heavy (non-hydrogen) atoms. The van der Waals surface area contributed by atoms with Crippen LogP contribution in [0, 0.1) is 11.6 Å². The van der Waals surface area contributed by atoms with Crippen LogP contribution in [0.5, 0.6) is 0 Å². The fourth-order valence-electron chi connectivity index (χ4n) is 1.60. The Morgan fingerprint density at radius 2 is 1.95 bits per heavy atom. The van der Waals surface area contributed by atoms with Crippen LogP contribution in [0.4, 0.5) is 8.78 Å². The molecule has 0 fully saturated rings. The van der Waals surface area contributed by atoms with E-state index in [4.69, 9.17) is 5.11 Å². The van der Waals surface area contributed by atoms with Crippen LogP contribution in [-0.4, -0.2) is 22.0 Å². The van der Waals surface area contributed by atoms with Crippen molar-refractivity contribution < 1.29 is 23.5 Å². The van der Waals surface area contributed by atoms with Crippen molar-refractivity contribution in [2.24, 2.45) is 0 Å². The molecule has 0 aliphatic rings.